The number of nitrogens with zero attached hydrogens (tertiary/aromatic N) is 1. The van der Waals surface area contributed by atoms with Gasteiger partial charge in [0.25, 0.3) is 0 Å². The summed E-state index contributed by atoms with van der Waals surface area (Å²) in [4.78, 5) is 34.1. The number of carbonyl (C=O) groups is 2. The quantitative estimate of drug-likeness (QED) is 0.371. The number of methoxy groups -OCH3 is 1. The third-order valence-electron chi connectivity index (χ3n) is 3.95. The molecule has 31 heavy (non-hydrogen) atoms. The number of carbonyl (C=O) groups excluding carboxylic acids is 2. The van der Waals surface area contributed by atoms with E-state index in [1.807, 2.05) is 20.8 Å². The van der Waals surface area contributed by atoms with Crippen LogP contribution in [-0.4, -0.2) is 52.5 Å². The molecule has 178 valence electrons. The van der Waals surface area contributed by atoms with Crippen molar-refractivity contribution in [3.05, 3.63) is 36.0 Å². The predicted octanol–water partition coefficient (Wildman–Crippen LogP) is 3.51. The summed E-state index contributed by atoms with van der Waals surface area (Å²) in [5, 5.41) is 12.0. The number of carboxylic acids is 1. The number of aliphatic carboxylic acids is 1. The fraction of sp³-hybridized carbons (Fsp3) is 0.500. The fourth-order valence-corrected chi connectivity index (χ4v) is 2.37. The molecule has 2 rings (SSSR count). The Morgan fingerprint density at radius 3 is 2.13 bits per heavy atom. The molecule has 2 N–H and O–H groups in total. The van der Waals surface area contributed by atoms with Crippen LogP contribution in [0.1, 0.15) is 47.1 Å². The second kappa shape index (κ2) is 10.8. The van der Waals surface area contributed by atoms with Crippen LogP contribution in [0, 0.1) is 0 Å². The van der Waals surface area contributed by atoms with Gasteiger partial charge in [0.1, 0.15) is 11.6 Å². The molecule has 1 aromatic heterocycles. The van der Waals surface area contributed by atoms with Gasteiger partial charge in [0.2, 0.25) is 0 Å². The van der Waals surface area contributed by atoms with Crippen molar-refractivity contribution < 1.29 is 29.0 Å². The second-order valence-corrected chi connectivity index (χ2v) is 8.68. The number of benzene rings is 1. The number of ether oxygens (including phenoxy) is 2. The third-order valence-corrected chi connectivity index (χ3v) is 3.95. The van der Waals surface area contributed by atoms with Gasteiger partial charge in [-0.05, 0) is 53.2 Å². The minimum absolute atomic E-state index is 0. The minimum Gasteiger partial charge on any atom is -0.520 e. The zero-order chi connectivity index (χ0) is 23.1. The number of para-hydroxylation sites is 1. The molecular weight excluding hydrogens is 645 g/mol. The van der Waals surface area contributed by atoms with E-state index in [0.717, 1.165) is 5.39 Å². The zero-order valence-corrected chi connectivity index (χ0v) is 21.3. The number of hydrogen-bond acceptors (Lipinski definition) is 5. The first kappa shape index (κ1) is 27.1. The number of hydrogen-bond donors (Lipinski definition) is 2. The number of nitrogens with one attached hydrogen (secondary N) is 1. The van der Waals surface area contributed by atoms with E-state index in [-0.39, 0.29) is 12.0 Å². The van der Waals surface area contributed by atoms with Gasteiger partial charge < -0.3 is 24.7 Å². The minimum atomic E-state index is -1.17. The van der Waals surface area contributed by atoms with Crippen molar-refractivity contribution in [3.63, 3.8) is 0 Å². The largest absolute Gasteiger partial charge is 0.520 e. The Labute approximate surface area is 177 Å². The van der Waals surface area contributed by atoms with Crippen LogP contribution in [0.25, 0.3) is 10.9 Å². The fourth-order valence-electron chi connectivity index (χ4n) is 2.37. The van der Waals surface area contributed by atoms with Crippen LogP contribution in [0.3, 0.4) is 0 Å². The second-order valence-electron chi connectivity index (χ2n) is 8.68. The normalized spacial score (nSPS) is 12.1. The van der Waals surface area contributed by atoms with E-state index >= 15 is 0 Å². The molecule has 1 amide bonds. The first-order chi connectivity index (χ1) is 13.8. The smallest absolute Gasteiger partial charge is 0.419 e. The molecule has 0 spiro atoms. The van der Waals surface area contributed by atoms with E-state index in [9.17, 15) is 14.4 Å². The van der Waals surface area contributed by atoms with Crippen LogP contribution in [0.2, 0.25) is 0 Å². The summed E-state index contributed by atoms with van der Waals surface area (Å²) in [5.74, 6) is -1.17. The first-order valence-electron chi connectivity index (χ1n) is 9.52. The van der Waals surface area contributed by atoms with Gasteiger partial charge in [-0.25, -0.2) is 4.79 Å². The summed E-state index contributed by atoms with van der Waals surface area (Å²) in [5.41, 5.74) is 0.618. The maximum absolute atomic E-state index is 12.4. The molecule has 2 aromatic rings. The van der Waals surface area contributed by atoms with Crippen LogP contribution in [0.5, 0.6) is 0 Å². The van der Waals surface area contributed by atoms with Crippen molar-refractivity contribution in [1.29, 1.82) is 0 Å². The van der Waals surface area contributed by atoms with Gasteiger partial charge in [0.05, 0.1) is 11.1 Å². The van der Waals surface area contributed by atoms with Gasteiger partial charge in [-0.3, -0.25) is 9.36 Å². The molecule has 1 atom stereocenters. The predicted molar refractivity (Wildman–Crippen MR) is 114 cm³/mol. The summed E-state index contributed by atoms with van der Waals surface area (Å²) < 4.78 is 11.7. The standard InChI is InChI=1S/C17H19N2O5.C5H12O.Fm/c1-17(2,3)24-16(23)19-9-11(8-13(15(21)22)18-10-20)12-6-4-5-7-14(12)19;1-5(2,3)6-4;/h4-7,9,13H,8H2,1-3H3,(H,18,20)(H,21,22);1-4H3;/q-1;;. The summed E-state index contributed by atoms with van der Waals surface area (Å²) in [6, 6.07) is 5.98. The summed E-state index contributed by atoms with van der Waals surface area (Å²) >= 11 is 0. The number of rotatable bonds is 5. The number of fused-ring (bicyclic) bond motifs is 1. The molecule has 9 heteroatoms. The van der Waals surface area contributed by atoms with Gasteiger partial charge in [0, 0.05) is 25.1 Å². The topological polar surface area (TPSA) is 107 Å². The van der Waals surface area contributed by atoms with E-state index in [1.54, 1.807) is 58.3 Å². The van der Waals surface area contributed by atoms with Crippen molar-refractivity contribution >= 4 is 29.4 Å². The molecule has 1 unspecified atom stereocenters. The average molecular weight is 676 g/mol. The molecule has 1 aromatic carbocycles. The first-order valence-corrected chi connectivity index (χ1v) is 9.52. The van der Waals surface area contributed by atoms with Crippen LogP contribution < -0.4 is 5.32 Å². The van der Waals surface area contributed by atoms with E-state index in [1.165, 1.54) is 11.0 Å². The van der Waals surface area contributed by atoms with Crippen molar-refractivity contribution in [1.82, 2.24) is 9.88 Å². The maximum Gasteiger partial charge on any atom is 0.419 e. The van der Waals surface area contributed by atoms with Crippen LogP contribution in [0.15, 0.2) is 30.5 Å². The summed E-state index contributed by atoms with van der Waals surface area (Å²) in [6.07, 6.45) is 2.42. The Morgan fingerprint density at radius 1 is 1.13 bits per heavy atom. The van der Waals surface area contributed by atoms with E-state index in [2.05, 4.69) is 5.32 Å². The van der Waals surface area contributed by atoms with E-state index < -0.39 is 23.7 Å². The molecule has 8 nitrogen and oxygen atoms in total. The van der Waals surface area contributed by atoms with Crippen molar-refractivity contribution in [2.24, 2.45) is 0 Å². The molecular formula is C22H31FmN2O6-. The van der Waals surface area contributed by atoms with Gasteiger partial charge in [-0.2, -0.15) is 6.41 Å². The Bertz CT molecular complexity index is 880. The summed E-state index contributed by atoms with van der Waals surface area (Å²) in [6.45, 7) is 11.4. The van der Waals surface area contributed by atoms with Gasteiger partial charge >= 0.3 is 12.1 Å². The van der Waals surface area contributed by atoms with Crippen LogP contribution in [-0.2, 0) is 25.5 Å². The molecule has 0 bridgehead atoms. The molecule has 0 aliphatic rings. The van der Waals surface area contributed by atoms with Gasteiger partial charge in [-0.15, -0.1) is 0 Å². The third kappa shape index (κ3) is 8.57. The monoisotopic (exact) mass is 676 g/mol. The molecule has 0 aliphatic heterocycles. The Balaban J connectivity index is 0.00000113. The van der Waals surface area contributed by atoms with Gasteiger partial charge in [0.15, 0.2) is 0 Å². The maximum atomic E-state index is 12.4. The van der Waals surface area contributed by atoms with Crippen LogP contribution >= 0.6 is 0 Å². The number of amides is 1. The zero-order valence-electron chi connectivity index (χ0n) is 18.9. The van der Waals surface area contributed by atoms with E-state index in [0.29, 0.717) is 11.1 Å². The Hall–Kier alpha value is -3.87. The Kier molecular flexibility index (Phi) is 9.43. The molecule has 0 saturated carbocycles. The molecule has 0 aliphatic carbocycles. The summed E-state index contributed by atoms with van der Waals surface area (Å²) in [7, 11) is 1.71. The molecule has 0 saturated heterocycles. The van der Waals surface area contributed by atoms with E-state index in [4.69, 9.17) is 14.6 Å². The number of carboxylic acid groups (broad SMARTS) is 1. The van der Waals surface area contributed by atoms with Crippen molar-refractivity contribution in [2.75, 3.05) is 7.11 Å². The molecule has 0 radical (unpaired) electrons. The SMILES string of the molecule is CC(C)(C)OC(=O)n1cc(CC(N[C-]=O)C(=O)O)c2ccccc21.COC(C)(C)C.[Fm]. The van der Waals surface area contributed by atoms with Crippen molar-refractivity contribution in [2.45, 2.75) is 65.2 Å². The van der Waals surface area contributed by atoms with Gasteiger partial charge in [-0.1, -0.05) is 18.2 Å². The van der Waals surface area contributed by atoms with Crippen LogP contribution in [0.4, 0.5) is 4.79 Å². The average Bonchev–Trinajstić information content (AvgIpc) is 2.99. The van der Waals surface area contributed by atoms with Crippen molar-refractivity contribution in [3.8, 4) is 0 Å². The Morgan fingerprint density at radius 2 is 1.68 bits per heavy atom. The molecule has 1 heterocycles. The number of aromatic nitrogens is 1. The molecule has 0 fully saturated rings.